The maximum Gasteiger partial charge on any atom is 0.167 e. The third-order valence-electron chi connectivity index (χ3n) is 7.64. The van der Waals surface area contributed by atoms with E-state index >= 15 is 0 Å². The minimum absolute atomic E-state index is 0.0189. The van der Waals surface area contributed by atoms with Gasteiger partial charge in [0.05, 0.1) is 18.3 Å². The van der Waals surface area contributed by atoms with E-state index in [0.29, 0.717) is 28.8 Å². The number of benzene rings is 3. The number of hydrogen-bond acceptors (Lipinski definition) is 7. The SMILES string of the molecule is CCCCCC(CC)OCC(O)COc1ccc(-c2nc(-c3ccc(C)cc3C)nc(-c3ccc(C)cc3C)n2)c(O)c1. The molecule has 2 unspecified atom stereocenters. The fraction of sp³-hybridized carbons (Fsp3) is 0.417. The van der Waals surface area contributed by atoms with Crippen LogP contribution in [0.15, 0.2) is 54.6 Å². The van der Waals surface area contributed by atoms with Gasteiger partial charge in [0.1, 0.15) is 24.2 Å². The number of hydrogen-bond donors (Lipinski definition) is 2. The lowest BCUT2D eigenvalue weighted by atomic mass is 10.0. The number of rotatable bonds is 14. The maximum atomic E-state index is 11.1. The third-order valence-corrected chi connectivity index (χ3v) is 7.64. The van der Waals surface area contributed by atoms with E-state index in [9.17, 15) is 10.2 Å². The first-order valence-electron chi connectivity index (χ1n) is 15.4. The first-order valence-corrected chi connectivity index (χ1v) is 15.4. The zero-order valence-electron chi connectivity index (χ0n) is 26.4. The van der Waals surface area contributed by atoms with E-state index in [0.717, 1.165) is 52.6 Å². The molecule has 0 aliphatic rings. The largest absolute Gasteiger partial charge is 0.507 e. The Morgan fingerprint density at radius 2 is 1.26 bits per heavy atom. The predicted molar refractivity (Wildman–Crippen MR) is 172 cm³/mol. The molecule has 1 heterocycles. The van der Waals surface area contributed by atoms with Gasteiger partial charge in [0.25, 0.3) is 0 Å². The number of phenols is 1. The summed E-state index contributed by atoms with van der Waals surface area (Å²) in [6.07, 6.45) is 4.79. The first-order chi connectivity index (χ1) is 20.7. The third kappa shape index (κ3) is 8.62. The van der Waals surface area contributed by atoms with E-state index in [1.807, 2.05) is 38.1 Å². The van der Waals surface area contributed by atoms with Crippen molar-refractivity contribution in [3.05, 3.63) is 76.9 Å². The van der Waals surface area contributed by atoms with Gasteiger partial charge in [0, 0.05) is 17.2 Å². The van der Waals surface area contributed by atoms with Crippen molar-refractivity contribution in [2.45, 2.75) is 85.9 Å². The molecule has 0 saturated heterocycles. The normalized spacial score (nSPS) is 12.7. The van der Waals surface area contributed by atoms with Crippen molar-refractivity contribution in [2.75, 3.05) is 13.2 Å². The first kappa shape index (κ1) is 32.1. The van der Waals surface area contributed by atoms with Crippen LogP contribution in [-0.2, 0) is 4.74 Å². The van der Waals surface area contributed by atoms with Crippen LogP contribution >= 0.6 is 0 Å². The number of aromatic nitrogens is 3. The van der Waals surface area contributed by atoms with Gasteiger partial charge in [-0.15, -0.1) is 0 Å². The van der Waals surface area contributed by atoms with Crippen molar-refractivity contribution in [2.24, 2.45) is 0 Å². The van der Waals surface area contributed by atoms with Gasteiger partial charge in [0.2, 0.25) is 0 Å². The predicted octanol–water partition coefficient (Wildman–Crippen LogP) is 7.93. The summed E-state index contributed by atoms with van der Waals surface area (Å²) in [5.41, 5.74) is 6.72. The van der Waals surface area contributed by atoms with Gasteiger partial charge >= 0.3 is 0 Å². The fourth-order valence-electron chi connectivity index (χ4n) is 5.17. The van der Waals surface area contributed by atoms with E-state index in [4.69, 9.17) is 24.4 Å². The average molecular weight is 584 g/mol. The molecule has 0 bridgehead atoms. The van der Waals surface area contributed by atoms with Crippen LogP contribution in [-0.4, -0.2) is 50.6 Å². The molecule has 3 aromatic carbocycles. The molecule has 1 aromatic heterocycles. The molecule has 7 heteroatoms. The molecular formula is C36H45N3O4. The maximum absolute atomic E-state index is 11.1. The standard InChI is InChI=1S/C36H45N3O4/c1-7-9-10-11-28(8-2)42-21-27(40)22-43-29-14-17-32(33(41)20-29)36-38-34(30-15-12-23(3)18-25(30)5)37-35(39-36)31-16-13-24(4)19-26(31)6/h12-20,27-28,40-41H,7-11,21-22H2,1-6H3. The number of aliphatic hydroxyl groups excluding tert-OH is 1. The highest BCUT2D eigenvalue weighted by molar-refractivity contribution is 5.72. The second kappa shape index (κ2) is 15.1. The van der Waals surface area contributed by atoms with Crippen LogP contribution in [0.1, 0.15) is 68.2 Å². The molecule has 0 amide bonds. The molecule has 0 aliphatic carbocycles. The van der Waals surface area contributed by atoms with Gasteiger partial charge in [-0.2, -0.15) is 0 Å². The second-order valence-corrected chi connectivity index (χ2v) is 11.4. The summed E-state index contributed by atoms with van der Waals surface area (Å²) in [4.78, 5) is 14.5. The lowest BCUT2D eigenvalue weighted by Gasteiger charge is -2.19. The molecule has 0 spiro atoms. The summed E-state index contributed by atoms with van der Waals surface area (Å²) in [6.45, 7) is 12.8. The fourth-order valence-corrected chi connectivity index (χ4v) is 5.17. The van der Waals surface area contributed by atoms with Crippen molar-refractivity contribution >= 4 is 0 Å². The topological polar surface area (TPSA) is 97.6 Å². The van der Waals surface area contributed by atoms with Gasteiger partial charge in [0.15, 0.2) is 17.5 Å². The minimum atomic E-state index is -0.772. The van der Waals surface area contributed by atoms with Crippen molar-refractivity contribution in [1.29, 1.82) is 0 Å². The molecule has 228 valence electrons. The Balaban J connectivity index is 1.56. The highest BCUT2D eigenvalue weighted by Crippen LogP contribution is 2.34. The number of nitrogens with zero attached hydrogens (tertiary/aromatic N) is 3. The van der Waals surface area contributed by atoms with E-state index in [-0.39, 0.29) is 25.1 Å². The Kier molecular flexibility index (Phi) is 11.3. The molecule has 0 aliphatic heterocycles. The number of unbranched alkanes of at least 4 members (excludes halogenated alkanes) is 2. The molecule has 0 saturated carbocycles. The van der Waals surface area contributed by atoms with E-state index in [1.54, 1.807) is 12.1 Å². The molecule has 2 atom stereocenters. The van der Waals surface area contributed by atoms with Crippen molar-refractivity contribution in [3.63, 3.8) is 0 Å². The number of aromatic hydroxyl groups is 1. The summed E-state index contributed by atoms with van der Waals surface area (Å²) < 4.78 is 11.7. The summed E-state index contributed by atoms with van der Waals surface area (Å²) in [5.74, 6) is 1.87. The molecule has 43 heavy (non-hydrogen) atoms. The molecule has 0 fully saturated rings. The summed E-state index contributed by atoms with van der Waals surface area (Å²) >= 11 is 0. The van der Waals surface area contributed by atoms with Gasteiger partial charge in [-0.05, 0) is 63.8 Å². The lowest BCUT2D eigenvalue weighted by Crippen LogP contribution is -2.26. The lowest BCUT2D eigenvalue weighted by molar-refractivity contribution is -0.0291. The van der Waals surface area contributed by atoms with Gasteiger partial charge in [-0.1, -0.05) is 80.6 Å². The number of ether oxygens (including phenoxy) is 2. The molecule has 2 N–H and O–H groups in total. The van der Waals surface area contributed by atoms with E-state index < -0.39 is 6.10 Å². The van der Waals surface area contributed by atoms with Crippen LogP contribution < -0.4 is 4.74 Å². The Morgan fingerprint density at radius 1 is 0.698 bits per heavy atom. The van der Waals surface area contributed by atoms with Crippen molar-refractivity contribution in [3.8, 4) is 45.7 Å². The van der Waals surface area contributed by atoms with Crippen molar-refractivity contribution in [1.82, 2.24) is 15.0 Å². The van der Waals surface area contributed by atoms with Crippen molar-refractivity contribution < 1.29 is 19.7 Å². The summed E-state index contributed by atoms with van der Waals surface area (Å²) in [6, 6.07) is 17.4. The smallest absolute Gasteiger partial charge is 0.167 e. The highest BCUT2D eigenvalue weighted by Gasteiger charge is 2.18. The zero-order valence-corrected chi connectivity index (χ0v) is 26.4. The van der Waals surface area contributed by atoms with Crippen LogP contribution in [0.4, 0.5) is 0 Å². The summed E-state index contributed by atoms with van der Waals surface area (Å²) in [5, 5.41) is 21.5. The van der Waals surface area contributed by atoms with E-state index in [1.165, 1.54) is 18.9 Å². The average Bonchev–Trinajstić information content (AvgIpc) is 2.97. The van der Waals surface area contributed by atoms with Crippen LogP contribution in [0, 0.1) is 27.7 Å². The van der Waals surface area contributed by atoms with Crippen LogP contribution in [0.25, 0.3) is 34.2 Å². The van der Waals surface area contributed by atoms with E-state index in [2.05, 4.69) is 39.8 Å². The Labute approximate surface area is 256 Å². The van der Waals surface area contributed by atoms with Gasteiger partial charge in [-0.3, -0.25) is 0 Å². The van der Waals surface area contributed by atoms with Crippen LogP contribution in [0.5, 0.6) is 11.5 Å². The Bertz CT molecular complexity index is 1450. The number of aliphatic hydroxyl groups is 1. The van der Waals surface area contributed by atoms with Gasteiger partial charge < -0.3 is 19.7 Å². The van der Waals surface area contributed by atoms with Crippen LogP contribution in [0.3, 0.4) is 0 Å². The molecular weight excluding hydrogens is 538 g/mol. The Morgan fingerprint density at radius 3 is 1.77 bits per heavy atom. The molecule has 0 radical (unpaired) electrons. The van der Waals surface area contributed by atoms with Gasteiger partial charge in [-0.25, -0.2) is 15.0 Å². The second-order valence-electron chi connectivity index (χ2n) is 11.4. The highest BCUT2D eigenvalue weighted by atomic mass is 16.5. The number of phenolic OH excluding ortho intramolecular Hbond substituents is 1. The number of aryl methyl sites for hydroxylation is 4. The zero-order chi connectivity index (χ0) is 30.9. The summed E-state index contributed by atoms with van der Waals surface area (Å²) in [7, 11) is 0. The monoisotopic (exact) mass is 583 g/mol. The molecule has 4 aromatic rings. The quantitative estimate of drug-likeness (QED) is 0.146. The Hall–Kier alpha value is -3.81. The molecule has 7 nitrogen and oxygen atoms in total. The minimum Gasteiger partial charge on any atom is -0.507 e. The molecule has 4 rings (SSSR count). The van der Waals surface area contributed by atoms with Crippen LogP contribution in [0.2, 0.25) is 0 Å².